The first-order valence-electron chi connectivity index (χ1n) is 13.8. The maximum Gasteiger partial charge on any atom is 0.416 e. The van der Waals surface area contributed by atoms with Gasteiger partial charge in [-0.25, -0.2) is 0 Å². The van der Waals surface area contributed by atoms with Gasteiger partial charge in [0.15, 0.2) is 0 Å². The van der Waals surface area contributed by atoms with Crippen LogP contribution < -0.4 is 15.0 Å². The Hall–Kier alpha value is -3.44. The number of nitrogens with one attached hydrogen (secondary N) is 1. The first-order valence-corrected chi connectivity index (χ1v) is 13.8. The first-order chi connectivity index (χ1) is 19.5. The van der Waals surface area contributed by atoms with Crippen LogP contribution in [0.5, 0.6) is 5.75 Å². The molecule has 0 spiro atoms. The van der Waals surface area contributed by atoms with E-state index in [2.05, 4.69) is 22.4 Å². The Balaban J connectivity index is 1.38. The van der Waals surface area contributed by atoms with Crippen LogP contribution in [0.1, 0.15) is 77.5 Å². The van der Waals surface area contributed by atoms with E-state index < -0.39 is 23.1 Å². The molecule has 1 amide bonds. The largest absolute Gasteiger partial charge is 0.497 e. The molecule has 2 aliphatic carbocycles. The Morgan fingerprint density at radius 1 is 1.12 bits per heavy atom. The van der Waals surface area contributed by atoms with Crippen molar-refractivity contribution in [1.82, 2.24) is 20.1 Å². The number of carbonyl (C=O) groups is 1. The topological polar surface area (TPSA) is 81.5 Å². The highest BCUT2D eigenvalue weighted by molar-refractivity contribution is 6.10. The molecule has 2 fully saturated rings. The smallest absolute Gasteiger partial charge is 0.416 e. The van der Waals surface area contributed by atoms with Gasteiger partial charge in [0.1, 0.15) is 17.9 Å². The van der Waals surface area contributed by atoms with E-state index in [1.165, 1.54) is 18.1 Å². The van der Waals surface area contributed by atoms with Crippen LogP contribution in [0.4, 0.5) is 18.9 Å². The highest BCUT2D eigenvalue weighted by atomic mass is 19.4. The number of carbonyl (C=O) groups excluding carboxylic acids is 1. The number of fused-ring (bicyclic) bond motifs is 1. The fourth-order valence-corrected chi connectivity index (χ4v) is 6.51. The van der Waals surface area contributed by atoms with Crippen LogP contribution in [-0.4, -0.2) is 46.5 Å². The molecule has 0 unspecified atom stereocenters. The van der Waals surface area contributed by atoms with Crippen molar-refractivity contribution in [1.29, 1.82) is 0 Å². The molecule has 218 valence electrons. The Bertz CT molecular complexity index is 1490. The molecule has 0 bridgehead atoms. The zero-order chi connectivity index (χ0) is 29.2. The minimum absolute atomic E-state index is 0.00317. The summed E-state index contributed by atoms with van der Waals surface area (Å²) in [6.07, 6.45) is 1.41. The van der Waals surface area contributed by atoms with Crippen molar-refractivity contribution in [3.63, 3.8) is 0 Å². The van der Waals surface area contributed by atoms with E-state index in [0.717, 1.165) is 30.7 Å². The second-order valence-corrected chi connectivity index (χ2v) is 11.9. The molecule has 1 N–H and O–H groups in total. The van der Waals surface area contributed by atoms with Crippen molar-refractivity contribution in [3.8, 4) is 5.75 Å². The normalized spacial score (nSPS) is 23.2. The summed E-state index contributed by atoms with van der Waals surface area (Å²) >= 11 is 0. The van der Waals surface area contributed by atoms with E-state index in [1.54, 1.807) is 25.6 Å². The first kappa shape index (κ1) is 27.7. The van der Waals surface area contributed by atoms with Gasteiger partial charge in [0.2, 0.25) is 0 Å². The standard InChI is InChI=1S/C30H34F3N5O3/c1-28(6-5-7-28)34-15-18-8-23-24(25(9-18)30(31,32)33)16-38(26(23)39)20-10-19(11-21(12-20)40-3)29(13-22(14-29)41-4)27-36-35-17-37(27)2/h8-12,17,22,34H,5-7,13-16H2,1-4H3. The van der Waals surface area contributed by atoms with Crippen molar-refractivity contribution in [2.45, 2.75) is 75.4 Å². The van der Waals surface area contributed by atoms with Gasteiger partial charge in [-0.3, -0.25) is 4.79 Å². The molecule has 11 heteroatoms. The van der Waals surface area contributed by atoms with Crippen LogP contribution >= 0.6 is 0 Å². The number of nitrogens with zero attached hydrogens (tertiary/aromatic N) is 4. The zero-order valence-electron chi connectivity index (χ0n) is 23.6. The number of ether oxygens (including phenoxy) is 2. The summed E-state index contributed by atoms with van der Waals surface area (Å²) in [5.41, 5.74) is 0.467. The Labute approximate surface area is 236 Å². The lowest BCUT2D eigenvalue weighted by molar-refractivity contribution is -0.138. The van der Waals surface area contributed by atoms with E-state index in [-0.39, 0.29) is 35.9 Å². The fraction of sp³-hybridized carbons (Fsp3) is 0.500. The van der Waals surface area contributed by atoms with E-state index in [0.29, 0.717) is 29.8 Å². The van der Waals surface area contributed by atoms with Gasteiger partial charge in [-0.15, -0.1) is 10.2 Å². The van der Waals surface area contributed by atoms with E-state index in [4.69, 9.17) is 9.47 Å². The SMILES string of the molecule is COc1cc(N2Cc3c(cc(CNC4(C)CCC4)cc3C(F)(F)F)C2=O)cc(C2(c3nncn3C)CC(OC)C2)c1. The van der Waals surface area contributed by atoms with Gasteiger partial charge < -0.3 is 24.3 Å². The van der Waals surface area contributed by atoms with E-state index in [9.17, 15) is 18.0 Å². The summed E-state index contributed by atoms with van der Waals surface area (Å²) in [5.74, 6) is 0.786. The summed E-state index contributed by atoms with van der Waals surface area (Å²) < 4.78 is 55.9. The molecule has 3 aliphatic rings. The van der Waals surface area contributed by atoms with Crippen LogP contribution in [0.25, 0.3) is 0 Å². The average Bonchev–Trinajstić information content (AvgIpc) is 3.48. The third-order valence-electron chi connectivity index (χ3n) is 9.20. The number of hydrogen-bond donors (Lipinski definition) is 1. The number of halogens is 3. The molecular weight excluding hydrogens is 535 g/mol. The van der Waals surface area contributed by atoms with Crippen molar-refractivity contribution in [2.75, 3.05) is 19.1 Å². The van der Waals surface area contributed by atoms with E-state index in [1.807, 2.05) is 23.7 Å². The number of hydrogen-bond acceptors (Lipinski definition) is 6. The maximum absolute atomic E-state index is 14.3. The van der Waals surface area contributed by atoms with Crippen LogP contribution in [0.3, 0.4) is 0 Å². The predicted octanol–water partition coefficient (Wildman–Crippen LogP) is 5.13. The Kier molecular flexibility index (Phi) is 6.65. The molecule has 6 rings (SSSR count). The van der Waals surface area contributed by atoms with Gasteiger partial charge in [-0.05, 0) is 80.0 Å². The monoisotopic (exact) mass is 569 g/mol. The molecule has 41 heavy (non-hydrogen) atoms. The maximum atomic E-state index is 14.3. The number of rotatable bonds is 8. The van der Waals surface area contributed by atoms with Gasteiger partial charge in [-0.1, -0.05) is 0 Å². The second kappa shape index (κ2) is 9.84. The molecule has 1 aliphatic heterocycles. The summed E-state index contributed by atoms with van der Waals surface area (Å²) in [6, 6.07) is 8.24. The fourth-order valence-electron chi connectivity index (χ4n) is 6.51. The summed E-state index contributed by atoms with van der Waals surface area (Å²) in [5, 5.41) is 11.8. The van der Waals surface area contributed by atoms with Crippen molar-refractivity contribution < 1.29 is 27.4 Å². The molecule has 2 aromatic carbocycles. The highest BCUT2D eigenvalue weighted by Crippen LogP contribution is 2.51. The van der Waals surface area contributed by atoms with Crippen molar-refractivity contribution in [2.24, 2.45) is 7.05 Å². The number of aryl methyl sites for hydroxylation is 1. The molecule has 8 nitrogen and oxygen atoms in total. The highest BCUT2D eigenvalue weighted by Gasteiger charge is 2.51. The number of methoxy groups -OCH3 is 2. The molecule has 2 heterocycles. The molecule has 1 aromatic heterocycles. The lowest BCUT2D eigenvalue weighted by Crippen LogP contribution is -2.48. The van der Waals surface area contributed by atoms with E-state index >= 15 is 0 Å². The van der Waals surface area contributed by atoms with Crippen LogP contribution in [-0.2, 0) is 36.5 Å². The second-order valence-electron chi connectivity index (χ2n) is 11.9. The molecule has 0 radical (unpaired) electrons. The summed E-state index contributed by atoms with van der Waals surface area (Å²) in [4.78, 5) is 15.2. The van der Waals surface area contributed by atoms with Gasteiger partial charge in [0, 0.05) is 43.6 Å². The number of aromatic nitrogens is 3. The lowest BCUT2D eigenvalue weighted by atomic mass is 9.62. The van der Waals surface area contributed by atoms with Gasteiger partial charge in [0.25, 0.3) is 5.91 Å². The van der Waals surface area contributed by atoms with Gasteiger partial charge in [0.05, 0.1) is 30.7 Å². The van der Waals surface area contributed by atoms with Crippen molar-refractivity contribution in [3.05, 3.63) is 70.3 Å². The summed E-state index contributed by atoms with van der Waals surface area (Å²) in [6.45, 7) is 2.16. The average molecular weight is 570 g/mol. The zero-order valence-corrected chi connectivity index (χ0v) is 23.6. The number of alkyl halides is 3. The molecule has 0 atom stereocenters. The van der Waals surface area contributed by atoms with Crippen LogP contribution in [0.2, 0.25) is 0 Å². The van der Waals surface area contributed by atoms with Crippen LogP contribution in [0, 0.1) is 0 Å². The third kappa shape index (κ3) is 4.68. The van der Waals surface area contributed by atoms with Crippen molar-refractivity contribution >= 4 is 11.6 Å². The third-order valence-corrected chi connectivity index (χ3v) is 9.20. The van der Waals surface area contributed by atoms with Gasteiger partial charge >= 0.3 is 6.18 Å². The number of benzene rings is 2. The minimum Gasteiger partial charge on any atom is -0.497 e. The molecule has 3 aromatic rings. The quantitative estimate of drug-likeness (QED) is 0.405. The number of amides is 1. The Morgan fingerprint density at radius 3 is 2.46 bits per heavy atom. The van der Waals surface area contributed by atoms with Gasteiger partial charge in [-0.2, -0.15) is 13.2 Å². The molecule has 2 saturated carbocycles. The minimum atomic E-state index is -4.59. The molecule has 0 saturated heterocycles. The number of anilines is 1. The summed E-state index contributed by atoms with van der Waals surface area (Å²) in [7, 11) is 5.06. The lowest BCUT2D eigenvalue weighted by Gasteiger charge is -2.46. The Morgan fingerprint density at radius 2 is 1.88 bits per heavy atom. The molecular formula is C30H34F3N5O3. The van der Waals surface area contributed by atoms with Crippen LogP contribution in [0.15, 0.2) is 36.7 Å². The predicted molar refractivity (Wildman–Crippen MR) is 146 cm³/mol.